The maximum absolute atomic E-state index is 12.7. The molecule has 0 unspecified atom stereocenters. The predicted octanol–water partition coefficient (Wildman–Crippen LogP) is 1.45. The Bertz CT molecular complexity index is 536. The van der Waals surface area contributed by atoms with E-state index in [0.29, 0.717) is 6.54 Å². The van der Waals surface area contributed by atoms with E-state index in [1.165, 1.54) is 4.90 Å². The van der Waals surface area contributed by atoms with Crippen molar-refractivity contribution < 1.29 is 23.1 Å². The van der Waals surface area contributed by atoms with Crippen LogP contribution in [0.25, 0.3) is 0 Å². The summed E-state index contributed by atoms with van der Waals surface area (Å²) in [5.74, 6) is 0. The van der Waals surface area contributed by atoms with Gasteiger partial charge in [-0.25, -0.2) is 4.79 Å². The second-order valence-corrected chi connectivity index (χ2v) is 5.87. The van der Waals surface area contributed by atoms with E-state index < -0.39 is 24.6 Å². The molecule has 0 radical (unpaired) electrons. The second kappa shape index (κ2) is 6.77. The van der Waals surface area contributed by atoms with E-state index in [0.717, 1.165) is 18.4 Å². The summed E-state index contributed by atoms with van der Waals surface area (Å²) in [4.78, 5) is 13.2. The van der Waals surface area contributed by atoms with Gasteiger partial charge < -0.3 is 15.3 Å². The number of hydrogen-bond donors (Lipinski definition) is 2. The lowest BCUT2D eigenvalue weighted by Gasteiger charge is -2.39. The van der Waals surface area contributed by atoms with Crippen LogP contribution in [0.3, 0.4) is 0 Å². The van der Waals surface area contributed by atoms with Crippen molar-refractivity contribution in [3.63, 3.8) is 0 Å². The van der Waals surface area contributed by atoms with Gasteiger partial charge in [-0.15, -0.1) is 0 Å². The number of nitrogens with zero attached hydrogens (tertiary/aromatic N) is 3. The van der Waals surface area contributed by atoms with Gasteiger partial charge in [0.25, 0.3) is 0 Å². The van der Waals surface area contributed by atoms with E-state index >= 15 is 0 Å². The zero-order chi connectivity index (χ0) is 17.1. The van der Waals surface area contributed by atoms with Crippen LogP contribution in [0.1, 0.15) is 24.8 Å². The van der Waals surface area contributed by atoms with Crippen LogP contribution in [0.15, 0.2) is 12.4 Å². The lowest BCUT2D eigenvalue weighted by molar-refractivity contribution is -0.271. The maximum Gasteiger partial charge on any atom is 0.417 e. The highest BCUT2D eigenvalue weighted by molar-refractivity contribution is 5.74. The fourth-order valence-corrected chi connectivity index (χ4v) is 2.56. The Kier molecular flexibility index (Phi) is 5.18. The summed E-state index contributed by atoms with van der Waals surface area (Å²) < 4.78 is 39.8. The molecule has 2 N–H and O–H groups in total. The van der Waals surface area contributed by atoms with Crippen molar-refractivity contribution in [3.05, 3.63) is 18.0 Å². The molecule has 0 spiro atoms. The van der Waals surface area contributed by atoms with E-state index in [2.05, 4.69) is 10.4 Å². The lowest BCUT2D eigenvalue weighted by atomic mass is 9.91. The summed E-state index contributed by atoms with van der Waals surface area (Å²) >= 11 is 0. The van der Waals surface area contributed by atoms with Crippen molar-refractivity contribution in [2.24, 2.45) is 7.05 Å². The molecule has 1 aliphatic rings. The first kappa shape index (κ1) is 17.6. The van der Waals surface area contributed by atoms with E-state index in [9.17, 15) is 23.1 Å². The number of piperidine rings is 1. The minimum absolute atomic E-state index is 0.107. The highest BCUT2D eigenvalue weighted by atomic mass is 19.4. The summed E-state index contributed by atoms with van der Waals surface area (Å²) in [6, 6.07) is -0.389. The molecule has 0 saturated carbocycles. The largest absolute Gasteiger partial charge is 0.417 e. The highest BCUT2D eigenvalue weighted by Gasteiger charge is 2.54. The van der Waals surface area contributed by atoms with Gasteiger partial charge in [-0.2, -0.15) is 18.3 Å². The summed E-state index contributed by atoms with van der Waals surface area (Å²) in [7, 11) is 1.82. The highest BCUT2D eigenvalue weighted by Crippen LogP contribution is 2.38. The standard InChI is InChI=1S/C14H21F3N4O2/c1-20-10-11(9-19-20)3-2-6-18-12(22)21-7-4-13(23,5-8-21)14(15,16)17/h9-10,23H,2-8H2,1H3,(H,18,22). The summed E-state index contributed by atoms with van der Waals surface area (Å²) in [6.45, 7) is 0.225. The second-order valence-electron chi connectivity index (χ2n) is 5.87. The van der Waals surface area contributed by atoms with Crippen LogP contribution in [-0.4, -0.2) is 57.2 Å². The molecular formula is C14H21F3N4O2. The molecule has 0 atom stereocenters. The first-order valence-corrected chi connectivity index (χ1v) is 7.51. The number of halogens is 3. The average molecular weight is 334 g/mol. The SMILES string of the molecule is Cn1cc(CCCNC(=O)N2CCC(O)(C(F)(F)F)CC2)cn1. The molecule has 1 aliphatic heterocycles. The monoisotopic (exact) mass is 334 g/mol. The van der Waals surface area contributed by atoms with Crippen LogP contribution in [0.2, 0.25) is 0 Å². The van der Waals surface area contributed by atoms with Gasteiger partial charge in [-0.1, -0.05) is 0 Å². The molecule has 1 saturated heterocycles. The van der Waals surface area contributed by atoms with E-state index in [1.54, 1.807) is 10.9 Å². The molecule has 9 heteroatoms. The smallest absolute Gasteiger partial charge is 0.380 e. The summed E-state index contributed by atoms with van der Waals surface area (Å²) in [6.07, 6.45) is -0.493. The van der Waals surface area contributed by atoms with Crippen molar-refractivity contribution in [1.82, 2.24) is 20.0 Å². The molecule has 6 nitrogen and oxygen atoms in total. The van der Waals surface area contributed by atoms with Crippen LogP contribution >= 0.6 is 0 Å². The summed E-state index contributed by atoms with van der Waals surface area (Å²) in [5, 5.41) is 16.3. The number of nitrogens with one attached hydrogen (secondary N) is 1. The first-order chi connectivity index (χ1) is 10.7. The molecule has 130 valence electrons. The number of rotatable bonds is 4. The lowest BCUT2D eigenvalue weighted by Crippen LogP contribution is -2.55. The van der Waals surface area contributed by atoms with Crippen LogP contribution in [-0.2, 0) is 13.5 Å². The van der Waals surface area contributed by atoms with Gasteiger partial charge in [-0.3, -0.25) is 4.68 Å². The number of carbonyl (C=O) groups excluding carboxylic acids is 1. The maximum atomic E-state index is 12.7. The normalized spacial score (nSPS) is 18.0. The number of hydrogen-bond acceptors (Lipinski definition) is 3. The van der Waals surface area contributed by atoms with E-state index in [-0.39, 0.29) is 19.1 Å². The Morgan fingerprint density at radius 3 is 2.61 bits per heavy atom. The zero-order valence-corrected chi connectivity index (χ0v) is 12.9. The number of aliphatic hydroxyl groups is 1. The molecule has 0 aliphatic carbocycles. The number of amides is 2. The molecule has 1 aromatic heterocycles. The minimum atomic E-state index is -4.65. The molecule has 2 rings (SSSR count). The quantitative estimate of drug-likeness (QED) is 0.819. The molecule has 23 heavy (non-hydrogen) atoms. The third-order valence-corrected chi connectivity index (χ3v) is 4.08. The van der Waals surface area contributed by atoms with Gasteiger partial charge >= 0.3 is 12.2 Å². The fraction of sp³-hybridized carbons (Fsp3) is 0.714. The van der Waals surface area contributed by atoms with Crippen LogP contribution < -0.4 is 5.32 Å². The number of carbonyl (C=O) groups is 1. The van der Waals surface area contributed by atoms with Gasteiger partial charge in [-0.05, 0) is 18.4 Å². The van der Waals surface area contributed by atoms with Crippen molar-refractivity contribution in [1.29, 1.82) is 0 Å². The van der Waals surface area contributed by atoms with Crippen LogP contribution in [0.5, 0.6) is 0 Å². The van der Waals surface area contributed by atoms with Crippen molar-refractivity contribution >= 4 is 6.03 Å². The van der Waals surface area contributed by atoms with Crippen LogP contribution in [0.4, 0.5) is 18.0 Å². The molecule has 0 aromatic carbocycles. The van der Waals surface area contributed by atoms with Gasteiger partial charge in [0.2, 0.25) is 0 Å². The number of likely N-dealkylation sites (tertiary alicyclic amines) is 1. The summed E-state index contributed by atoms with van der Waals surface area (Å²) in [5.41, 5.74) is -1.61. The zero-order valence-electron chi connectivity index (χ0n) is 12.9. The van der Waals surface area contributed by atoms with Gasteiger partial charge in [0.05, 0.1) is 6.20 Å². The Labute approximate surface area is 132 Å². The predicted molar refractivity (Wildman–Crippen MR) is 76.7 cm³/mol. The van der Waals surface area contributed by atoms with Gasteiger partial charge in [0.15, 0.2) is 5.60 Å². The Balaban J connectivity index is 1.69. The minimum Gasteiger partial charge on any atom is -0.380 e. The number of alkyl halides is 3. The molecule has 2 heterocycles. The van der Waals surface area contributed by atoms with Crippen LogP contribution in [0, 0.1) is 0 Å². The van der Waals surface area contributed by atoms with E-state index in [4.69, 9.17) is 0 Å². The molecule has 2 amide bonds. The average Bonchev–Trinajstić information content (AvgIpc) is 2.88. The molecule has 1 fully saturated rings. The van der Waals surface area contributed by atoms with Gasteiger partial charge in [0, 0.05) is 45.7 Å². The Morgan fingerprint density at radius 2 is 2.09 bits per heavy atom. The number of aromatic nitrogens is 2. The number of aryl methyl sites for hydroxylation is 2. The number of urea groups is 1. The third-order valence-electron chi connectivity index (χ3n) is 4.08. The molecule has 0 bridgehead atoms. The van der Waals surface area contributed by atoms with Gasteiger partial charge in [0.1, 0.15) is 0 Å². The molecule has 1 aromatic rings. The topological polar surface area (TPSA) is 70.4 Å². The Hall–Kier alpha value is -1.77. The van der Waals surface area contributed by atoms with Crippen molar-refractivity contribution in [2.75, 3.05) is 19.6 Å². The first-order valence-electron chi connectivity index (χ1n) is 7.51. The third kappa shape index (κ3) is 4.37. The van der Waals surface area contributed by atoms with Crippen molar-refractivity contribution in [2.45, 2.75) is 37.5 Å². The van der Waals surface area contributed by atoms with E-state index in [1.807, 2.05) is 13.2 Å². The molecular weight excluding hydrogens is 313 g/mol. The van der Waals surface area contributed by atoms with Crippen molar-refractivity contribution in [3.8, 4) is 0 Å². The fourth-order valence-electron chi connectivity index (χ4n) is 2.56. The Morgan fingerprint density at radius 1 is 1.43 bits per heavy atom.